The van der Waals surface area contributed by atoms with E-state index in [2.05, 4.69) is 9.71 Å². The van der Waals surface area contributed by atoms with Gasteiger partial charge >= 0.3 is 0 Å². The largest absolute Gasteiger partial charge is 0.292 e. The molecule has 1 N–H and O–H groups in total. The number of benzene rings is 2. The first-order valence-corrected chi connectivity index (χ1v) is 16.9. The maximum Gasteiger partial charge on any atom is 0.264 e. The monoisotopic (exact) mass is 625 g/mol. The van der Waals surface area contributed by atoms with Crippen LogP contribution < -0.4 is 4.72 Å². The van der Waals surface area contributed by atoms with Crippen LogP contribution >= 0.6 is 35.0 Å². The van der Waals surface area contributed by atoms with Crippen molar-refractivity contribution in [2.45, 2.75) is 51.7 Å². The Hall–Kier alpha value is -2.15. The number of ketones is 1. The summed E-state index contributed by atoms with van der Waals surface area (Å²) >= 11 is 13.2. The van der Waals surface area contributed by atoms with Crippen molar-refractivity contribution in [2.24, 2.45) is 5.92 Å². The summed E-state index contributed by atoms with van der Waals surface area (Å²) in [4.78, 5) is 18.8. The summed E-state index contributed by atoms with van der Waals surface area (Å²) in [5.41, 5.74) is 0.162. The number of pyridine rings is 1. The lowest BCUT2D eigenvalue weighted by atomic mass is 10.2. The van der Waals surface area contributed by atoms with E-state index in [1.165, 1.54) is 40.3 Å². The van der Waals surface area contributed by atoms with E-state index in [1.54, 1.807) is 30.3 Å². The standard InChI is InChI=1S/C26H25Cl2N3O5S3/c27-18-6-12-23(21(28)16-18)38(33,34)30-24-13-11-22(25(29-24)26(32)17-4-5-17)37-19-7-9-20(10-8-19)39(35,36)31-14-2-1-3-15-31/h6-13,16-17H,1-5,14-15H2,(H,29,30). The molecule has 39 heavy (non-hydrogen) atoms. The Kier molecular flexibility index (Phi) is 8.28. The van der Waals surface area contributed by atoms with Gasteiger partial charge in [0.1, 0.15) is 16.4 Å². The van der Waals surface area contributed by atoms with Gasteiger partial charge in [-0.2, -0.15) is 4.31 Å². The number of carbonyl (C=O) groups is 1. The lowest BCUT2D eigenvalue weighted by molar-refractivity contribution is 0.0959. The highest BCUT2D eigenvalue weighted by Gasteiger charge is 2.33. The number of anilines is 1. The Labute approximate surface area is 242 Å². The van der Waals surface area contributed by atoms with Gasteiger partial charge in [-0.25, -0.2) is 21.8 Å². The second-order valence-electron chi connectivity index (χ2n) is 9.40. The molecule has 0 atom stereocenters. The molecule has 2 aliphatic rings. The van der Waals surface area contributed by atoms with Gasteiger partial charge in [0.2, 0.25) is 10.0 Å². The normalized spacial score (nSPS) is 16.7. The predicted molar refractivity (Wildman–Crippen MR) is 152 cm³/mol. The van der Waals surface area contributed by atoms with Gasteiger partial charge in [-0.1, -0.05) is 41.4 Å². The van der Waals surface area contributed by atoms with Crippen LogP contribution in [0.25, 0.3) is 0 Å². The zero-order valence-electron chi connectivity index (χ0n) is 20.6. The van der Waals surface area contributed by atoms with Crippen molar-refractivity contribution in [1.82, 2.24) is 9.29 Å². The molecule has 5 rings (SSSR count). The lowest BCUT2D eigenvalue weighted by Crippen LogP contribution is -2.35. The van der Waals surface area contributed by atoms with Crippen LogP contribution in [-0.4, -0.2) is 45.0 Å². The van der Waals surface area contributed by atoms with Gasteiger partial charge in [0, 0.05) is 33.8 Å². The van der Waals surface area contributed by atoms with Gasteiger partial charge in [-0.15, -0.1) is 0 Å². The van der Waals surface area contributed by atoms with Crippen LogP contribution in [0.1, 0.15) is 42.6 Å². The fraction of sp³-hybridized carbons (Fsp3) is 0.308. The highest BCUT2D eigenvalue weighted by atomic mass is 35.5. The maximum atomic E-state index is 13.1. The van der Waals surface area contributed by atoms with Crippen LogP contribution in [0.5, 0.6) is 0 Å². The molecular formula is C26H25Cl2N3O5S3. The minimum Gasteiger partial charge on any atom is -0.292 e. The third-order valence-corrected chi connectivity index (χ3v) is 11.5. The first-order chi connectivity index (χ1) is 18.5. The number of nitrogens with zero attached hydrogens (tertiary/aromatic N) is 2. The van der Waals surface area contributed by atoms with Gasteiger partial charge in [0.15, 0.2) is 5.78 Å². The van der Waals surface area contributed by atoms with Crippen molar-refractivity contribution in [2.75, 3.05) is 17.8 Å². The van der Waals surface area contributed by atoms with E-state index in [0.717, 1.165) is 37.0 Å². The highest BCUT2D eigenvalue weighted by Crippen LogP contribution is 2.38. The number of halogens is 2. The van der Waals surface area contributed by atoms with Crippen LogP contribution in [-0.2, 0) is 20.0 Å². The average Bonchev–Trinajstić information content (AvgIpc) is 3.75. The summed E-state index contributed by atoms with van der Waals surface area (Å²) in [5.74, 6) is -0.323. The third kappa shape index (κ3) is 6.44. The smallest absolute Gasteiger partial charge is 0.264 e. The van der Waals surface area contributed by atoms with Crippen molar-refractivity contribution < 1.29 is 21.6 Å². The molecule has 1 aliphatic carbocycles. The minimum absolute atomic E-state index is 0.0164. The first kappa shape index (κ1) is 28.4. The van der Waals surface area contributed by atoms with Gasteiger partial charge in [0.25, 0.3) is 10.0 Å². The quantitative estimate of drug-likeness (QED) is 0.285. The van der Waals surface area contributed by atoms with E-state index in [9.17, 15) is 21.6 Å². The Bertz CT molecular complexity index is 1620. The van der Waals surface area contributed by atoms with Gasteiger partial charge in [-0.3, -0.25) is 9.52 Å². The Morgan fingerprint density at radius 2 is 1.62 bits per heavy atom. The molecule has 0 unspecified atom stereocenters. The highest BCUT2D eigenvalue weighted by molar-refractivity contribution is 7.99. The first-order valence-electron chi connectivity index (χ1n) is 12.4. The zero-order valence-corrected chi connectivity index (χ0v) is 24.6. The third-order valence-electron chi connectivity index (χ3n) is 6.47. The van der Waals surface area contributed by atoms with Crippen LogP contribution in [0, 0.1) is 5.92 Å². The number of rotatable bonds is 9. The van der Waals surface area contributed by atoms with E-state index in [0.29, 0.717) is 23.0 Å². The van der Waals surface area contributed by atoms with E-state index >= 15 is 0 Å². The van der Waals surface area contributed by atoms with Crippen molar-refractivity contribution in [3.63, 3.8) is 0 Å². The van der Waals surface area contributed by atoms with E-state index in [1.807, 2.05) is 0 Å². The Balaban J connectivity index is 1.39. The molecule has 1 saturated heterocycles. The minimum atomic E-state index is -4.09. The molecule has 206 valence electrons. The molecule has 8 nitrogen and oxygen atoms in total. The molecule has 0 amide bonds. The molecule has 2 heterocycles. The van der Waals surface area contributed by atoms with Crippen molar-refractivity contribution >= 4 is 66.6 Å². The van der Waals surface area contributed by atoms with Gasteiger partial charge < -0.3 is 0 Å². The van der Waals surface area contributed by atoms with E-state index in [-0.39, 0.29) is 38.0 Å². The van der Waals surface area contributed by atoms with Crippen molar-refractivity contribution in [3.05, 3.63) is 70.3 Å². The molecule has 2 aromatic carbocycles. The van der Waals surface area contributed by atoms with Crippen molar-refractivity contribution in [1.29, 1.82) is 0 Å². The summed E-state index contributed by atoms with van der Waals surface area (Å²) in [5, 5.41) is 0.259. The second-order valence-corrected chi connectivity index (χ2v) is 14.9. The SMILES string of the molecule is O=C(c1nc(NS(=O)(=O)c2ccc(Cl)cc2Cl)ccc1Sc1ccc(S(=O)(=O)N2CCCCC2)cc1)C1CC1. The van der Waals surface area contributed by atoms with Crippen molar-refractivity contribution in [3.8, 4) is 0 Å². The fourth-order valence-electron chi connectivity index (χ4n) is 4.25. The summed E-state index contributed by atoms with van der Waals surface area (Å²) in [6.45, 7) is 1.05. The lowest BCUT2D eigenvalue weighted by Gasteiger charge is -2.25. The number of hydrogen-bond acceptors (Lipinski definition) is 7. The summed E-state index contributed by atoms with van der Waals surface area (Å²) in [7, 11) is -7.64. The molecule has 13 heteroatoms. The number of hydrogen-bond donors (Lipinski definition) is 1. The molecule has 0 bridgehead atoms. The Morgan fingerprint density at radius 3 is 2.26 bits per heavy atom. The topological polar surface area (TPSA) is 114 Å². The van der Waals surface area contributed by atoms with Gasteiger partial charge in [-0.05, 0) is 80.3 Å². The summed E-state index contributed by atoms with van der Waals surface area (Å²) in [6.07, 6.45) is 4.26. The Morgan fingerprint density at radius 1 is 0.923 bits per heavy atom. The van der Waals surface area contributed by atoms with Crippen LogP contribution in [0.2, 0.25) is 10.0 Å². The molecule has 2 fully saturated rings. The number of Topliss-reactive ketones (excluding diaryl/α,β-unsaturated/α-hetero) is 1. The number of piperidine rings is 1. The summed E-state index contributed by atoms with van der Waals surface area (Å²) in [6, 6.07) is 13.7. The molecule has 1 aliphatic heterocycles. The number of carbonyl (C=O) groups excluding carboxylic acids is 1. The molecule has 1 saturated carbocycles. The van der Waals surface area contributed by atoms with E-state index in [4.69, 9.17) is 23.2 Å². The molecule has 3 aromatic rings. The van der Waals surface area contributed by atoms with E-state index < -0.39 is 20.0 Å². The zero-order chi connectivity index (χ0) is 27.8. The maximum absolute atomic E-state index is 13.1. The fourth-order valence-corrected chi connectivity index (χ4v) is 8.44. The van der Waals surface area contributed by atoms with Crippen LogP contribution in [0.15, 0.2) is 74.2 Å². The summed E-state index contributed by atoms with van der Waals surface area (Å²) < 4.78 is 55.7. The number of nitrogens with one attached hydrogen (secondary N) is 1. The molecule has 1 aromatic heterocycles. The predicted octanol–water partition coefficient (Wildman–Crippen LogP) is 6.11. The number of sulfonamides is 2. The van der Waals surface area contributed by atoms with Gasteiger partial charge in [0.05, 0.1) is 9.92 Å². The average molecular weight is 627 g/mol. The molecule has 0 spiro atoms. The number of aromatic nitrogens is 1. The van der Waals surface area contributed by atoms with Crippen LogP contribution in [0.3, 0.4) is 0 Å². The van der Waals surface area contributed by atoms with Crippen LogP contribution in [0.4, 0.5) is 5.82 Å². The molecule has 0 radical (unpaired) electrons. The second kappa shape index (κ2) is 11.4. The molecular weight excluding hydrogens is 601 g/mol.